The van der Waals surface area contributed by atoms with Gasteiger partial charge in [-0.1, -0.05) is 45.0 Å². The van der Waals surface area contributed by atoms with E-state index < -0.39 is 31.4 Å². The summed E-state index contributed by atoms with van der Waals surface area (Å²) in [7, 11) is -3.84. The van der Waals surface area contributed by atoms with E-state index in [0.29, 0.717) is 11.3 Å². The Morgan fingerprint density at radius 2 is 2.03 bits per heavy atom. The van der Waals surface area contributed by atoms with Crippen LogP contribution in [0.25, 0.3) is 0 Å². The molecule has 2 aliphatic rings. The standard InChI is InChI=1S/C21H25N2O7P/c1-13-10-23(20(25)22-19(13)24)17-9-8-15(29-17)12-28-31(26)27-11-14-6-5-7-16(18(14)30-31)21(2,3)4/h5-10,15,17H,11-12H2,1-4H3,(H,22,24,25)/t15-,17+,31?/m0/s1. The fourth-order valence-electron chi connectivity index (χ4n) is 3.43. The lowest BCUT2D eigenvalue weighted by Crippen LogP contribution is -2.33. The first-order valence-electron chi connectivity index (χ1n) is 9.93. The van der Waals surface area contributed by atoms with Crippen LogP contribution in [0.5, 0.6) is 5.75 Å². The Kier molecular flexibility index (Phi) is 5.55. The van der Waals surface area contributed by atoms with Crippen molar-refractivity contribution in [1.29, 1.82) is 0 Å². The van der Waals surface area contributed by atoms with Crippen molar-refractivity contribution < 1.29 is 22.9 Å². The van der Waals surface area contributed by atoms with E-state index in [9.17, 15) is 14.2 Å². The first kappa shape index (κ1) is 21.8. The van der Waals surface area contributed by atoms with Gasteiger partial charge in [0.25, 0.3) is 5.56 Å². The van der Waals surface area contributed by atoms with E-state index in [1.807, 2.05) is 39.0 Å². The van der Waals surface area contributed by atoms with E-state index >= 15 is 0 Å². The lowest BCUT2D eigenvalue weighted by atomic mass is 9.85. The quantitative estimate of drug-likeness (QED) is 0.564. The molecule has 1 aromatic heterocycles. The van der Waals surface area contributed by atoms with Crippen LogP contribution >= 0.6 is 7.82 Å². The molecule has 0 bridgehead atoms. The number of benzene rings is 1. The fraction of sp³-hybridized carbons (Fsp3) is 0.429. The molecular weight excluding hydrogens is 423 g/mol. The van der Waals surface area contributed by atoms with Gasteiger partial charge in [-0.15, -0.1) is 0 Å². The molecule has 2 aromatic rings. The summed E-state index contributed by atoms with van der Waals surface area (Å²) in [6, 6.07) is 5.72. The second kappa shape index (κ2) is 7.91. The monoisotopic (exact) mass is 448 g/mol. The van der Waals surface area contributed by atoms with Gasteiger partial charge in [0, 0.05) is 22.9 Å². The number of hydrogen-bond donors (Lipinski definition) is 1. The SMILES string of the molecule is Cc1cn([C@H]2C=C[C@@H](COP3(=O)OCc4cccc(C(C)(C)C)c4O3)O2)c(=O)[nH]c1=O. The van der Waals surface area contributed by atoms with Crippen LogP contribution in [-0.2, 0) is 30.4 Å². The molecule has 4 rings (SSSR count). The zero-order valence-electron chi connectivity index (χ0n) is 17.8. The van der Waals surface area contributed by atoms with Crippen LogP contribution in [0.3, 0.4) is 0 Å². The highest BCUT2D eigenvalue weighted by Crippen LogP contribution is 2.56. The number of phosphoric acid groups is 1. The predicted molar refractivity (Wildman–Crippen MR) is 113 cm³/mol. The van der Waals surface area contributed by atoms with E-state index in [0.717, 1.165) is 11.1 Å². The number of H-pyrrole nitrogens is 1. The van der Waals surface area contributed by atoms with Gasteiger partial charge in [-0.3, -0.25) is 23.4 Å². The van der Waals surface area contributed by atoms with E-state index in [1.165, 1.54) is 10.8 Å². The molecule has 166 valence electrons. The summed E-state index contributed by atoms with van der Waals surface area (Å²) < 4.78 is 36.8. The number of aryl methyl sites for hydroxylation is 1. The second-order valence-corrected chi connectivity index (χ2v) is 10.2. The summed E-state index contributed by atoms with van der Waals surface area (Å²) in [5, 5.41) is 0. The molecule has 1 aromatic carbocycles. The van der Waals surface area contributed by atoms with Crippen LogP contribution in [0.15, 0.2) is 46.1 Å². The van der Waals surface area contributed by atoms with Crippen molar-refractivity contribution in [3.8, 4) is 5.75 Å². The van der Waals surface area contributed by atoms with Gasteiger partial charge in [0.05, 0.1) is 13.2 Å². The van der Waals surface area contributed by atoms with Gasteiger partial charge in [-0.05, 0) is 18.4 Å². The topological polar surface area (TPSA) is 109 Å². The second-order valence-electron chi connectivity index (χ2n) is 8.58. The Balaban J connectivity index is 1.44. The van der Waals surface area contributed by atoms with Gasteiger partial charge in [0.1, 0.15) is 11.9 Å². The molecule has 3 atom stereocenters. The largest absolute Gasteiger partial charge is 0.530 e. The number of para-hydroxylation sites is 1. The molecule has 10 heteroatoms. The zero-order valence-corrected chi connectivity index (χ0v) is 18.7. The highest BCUT2D eigenvalue weighted by Gasteiger charge is 2.38. The van der Waals surface area contributed by atoms with Crippen molar-refractivity contribution in [2.24, 2.45) is 0 Å². The Labute approximate surface area is 179 Å². The maximum atomic E-state index is 13.1. The van der Waals surface area contributed by atoms with Crippen molar-refractivity contribution in [1.82, 2.24) is 9.55 Å². The lowest BCUT2D eigenvalue weighted by Gasteiger charge is -2.30. The normalized spacial score (nSPS) is 25.3. The molecule has 31 heavy (non-hydrogen) atoms. The molecular formula is C21H25N2O7P. The number of aromatic amines is 1. The lowest BCUT2D eigenvalue weighted by molar-refractivity contribution is -0.0130. The highest BCUT2D eigenvalue weighted by molar-refractivity contribution is 7.49. The van der Waals surface area contributed by atoms with Crippen LogP contribution in [0, 0.1) is 6.92 Å². The van der Waals surface area contributed by atoms with Crippen molar-refractivity contribution >= 4 is 7.82 Å². The Morgan fingerprint density at radius 1 is 1.26 bits per heavy atom. The summed E-state index contributed by atoms with van der Waals surface area (Å²) in [4.78, 5) is 25.8. The van der Waals surface area contributed by atoms with Crippen LogP contribution in [0.1, 0.15) is 43.7 Å². The van der Waals surface area contributed by atoms with Crippen molar-refractivity contribution in [3.05, 3.63) is 74.1 Å². The summed E-state index contributed by atoms with van der Waals surface area (Å²) in [6.07, 6.45) is 3.51. The first-order chi connectivity index (χ1) is 14.6. The number of phosphoric ester groups is 1. The molecule has 2 aliphatic heterocycles. The Bertz CT molecular complexity index is 1190. The van der Waals surface area contributed by atoms with Crippen molar-refractivity contribution in [2.45, 2.75) is 52.0 Å². The van der Waals surface area contributed by atoms with Crippen molar-refractivity contribution in [2.75, 3.05) is 6.61 Å². The minimum absolute atomic E-state index is 0.0889. The molecule has 0 aliphatic carbocycles. The highest BCUT2D eigenvalue weighted by atomic mass is 31.2. The smallest absolute Gasteiger partial charge is 0.403 e. The van der Waals surface area contributed by atoms with Gasteiger partial charge < -0.3 is 9.26 Å². The maximum Gasteiger partial charge on any atom is 0.530 e. The number of fused-ring (bicyclic) bond motifs is 1. The predicted octanol–water partition coefficient (Wildman–Crippen LogP) is 3.33. The average molecular weight is 448 g/mol. The molecule has 0 amide bonds. The molecule has 1 unspecified atom stereocenters. The summed E-state index contributed by atoms with van der Waals surface area (Å²) in [5.41, 5.74) is 0.889. The molecule has 0 fully saturated rings. The van der Waals surface area contributed by atoms with Gasteiger partial charge in [-0.25, -0.2) is 9.36 Å². The minimum atomic E-state index is -3.84. The third-order valence-electron chi connectivity index (χ3n) is 5.11. The Morgan fingerprint density at radius 3 is 2.77 bits per heavy atom. The molecule has 0 spiro atoms. The number of nitrogens with zero attached hydrogens (tertiary/aromatic N) is 1. The molecule has 3 heterocycles. The molecule has 1 N–H and O–H groups in total. The van der Waals surface area contributed by atoms with E-state index in [1.54, 1.807) is 19.1 Å². The number of aromatic nitrogens is 2. The van der Waals surface area contributed by atoms with Gasteiger partial charge >= 0.3 is 13.5 Å². The summed E-state index contributed by atoms with van der Waals surface area (Å²) >= 11 is 0. The summed E-state index contributed by atoms with van der Waals surface area (Å²) in [6.45, 7) is 7.77. The van der Waals surface area contributed by atoms with Crippen LogP contribution in [-0.4, -0.2) is 22.3 Å². The van der Waals surface area contributed by atoms with E-state index in [4.69, 9.17) is 18.3 Å². The van der Waals surface area contributed by atoms with E-state index in [-0.39, 0.29) is 18.6 Å². The van der Waals surface area contributed by atoms with Crippen LogP contribution < -0.4 is 15.8 Å². The number of nitrogens with one attached hydrogen (secondary N) is 1. The molecule has 0 saturated carbocycles. The Hall–Kier alpha value is -2.45. The van der Waals surface area contributed by atoms with Gasteiger partial charge in [0.15, 0.2) is 6.23 Å². The molecule has 9 nitrogen and oxygen atoms in total. The third-order valence-corrected chi connectivity index (χ3v) is 6.42. The molecule has 0 saturated heterocycles. The minimum Gasteiger partial charge on any atom is -0.403 e. The van der Waals surface area contributed by atoms with Gasteiger partial charge in [-0.2, -0.15) is 0 Å². The average Bonchev–Trinajstić information content (AvgIpc) is 3.17. The maximum absolute atomic E-state index is 13.1. The molecule has 0 radical (unpaired) electrons. The zero-order chi connectivity index (χ0) is 22.4. The summed E-state index contributed by atoms with van der Waals surface area (Å²) in [5.74, 6) is 0.528. The number of ether oxygens (including phenoxy) is 1. The first-order valence-corrected chi connectivity index (χ1v) is 11.4. The fourth-order valence-corrected chi connectivity index (χ4v) is 4.67. The number of hydrogen-bond acceptors (Lipinski definition) is 7. The van der Waals surface area contributed by atoms with Gasteiger partial charge in [0.2, 0.25) is 0 Å². The van der Waals surface area contributed by atoms with Crippen LogP contribution in [0.2, 0.25) is 0 Å². The van der Waals surface area contributed by atoms with Crippen molar-refractivity contribution in [3.63, 3.8) is 0 Å². The third kappa shape index (κ3) is 4.45. The van der Waals surface area contributed by atoms with E-state index in [2.05, 4.69) is 4.98 Å². The number of rotatable bonds is 4. The van der Waals surface area contributed by atoms with Crippen LogP contribution in [0.4, 0.5) is 0 Å².